The van der Waals surface area contributed by atoms with Crippen LogP contribution in [0.15, 0.2) is 24.3 Å². The maximum atomic E-state index is 4.68. The van der Waals surface area contributed by atoms with E-state index in [1.54, 1.807) is 0 Å². The highest BCUT2D eigenvalue weighted by Gasteiger charge is 2.09. The van der Waals surface area contributed by atoms with Crippen molar-refractivity contribution in [3.05, 3.63) is 52.5 Å². The van der Waals surface area contributed by atoms with Gasteiger partial charge in [0.25, 0.3) is 0 Å². The molecule has 0 amide bonds. The van der Waals surface area contributed by atoms with Crippen molar-refractivity contribution in [3.63, 3.8) is 0 Å². The Morgan fingerprint density at radius 2 is 1.84 bits per heavy atom. The summed E-state index contributed by atoms with van der Waals surface area (Å²) in [6, 6.07) is 8.40. The normalized spacial score (nSPS) is 10.5. The van der Waals surface area contributed by atoms with Gasteiger partial charge in [-0.3, -0.25) is 0 Å². The molecule has 0 atom stereocenters. The Morgan fingerprint density at radius 3 is 2.47 bits per heavy atom. The Bertz CT molecular complexity index is 551. The van der Waals surface area contributed by atoms with Crippen LogP contribution in [0.1, 0.15) is 35.1 Å². The first-order chi connectivity index (χ1) is 9.15. The van der Waals surface area contributed by atoms with Crippen LogP contribution in [0.25, 0.3) is 0 Å². The smallest absolute Gasteiger partial charge is 0.135 e. The van der Waals surface area contributed by atoms with Gasteiger partial charge in [-0.05, 0) is 31.4 Å². The van der Waals surface area contributed by atoms with E-state index >= 15 is 0 Å². The summed E-state index contributed by atoms with van der Waals surface area (Å²) < 4.78 is 0. The van der Waals surface area contributed by atoms with Crippen LogP contribution in [0.5, 0.6) is 0 Å². The van der Waals surface area contributed by atoms with Crippen LogP contribution in [0, 0.1) is 13.8 Å². The summed E-state index contributed by atoms with van der Waals surface area (Å²) in [5, 5.41) is 3.16. The van der Waals surface area contributed by atoms with Crippen molar-refractivity contribution < 1.29 is 0 Å². The van der Waals surface area contributed by atoms with Gasteiger partial charge < -0.3 is 5.32 Å². The number of hydrogen-bond donors (Lipinski definition) is 1. The molecule has 1 N–H and O–H groups in total. The van der Waals surface area contributed by atoms with Crippen molar-refractivity contribution in [1.29, 1.82) is 0 Å². The van der Waals surface area contributed by atoms with E-state index in [2.05, 4.69) is 60.3 Å². The van der Waals surface area contributed by atoms with Crippen molar-refractivity contribution in [1.82, 2.24) is 9.97 Å². The van der Waals surface area contributed by atoms with Gasteiger partial charge in [0.05, 0.1) is 0 Å². The number of hydrogen-bond acceptors (Lipinski definition) is 3. The molecule has 19 heavy (non-hydrogen) atoms. The third-order valence-corrected chi connectivity index (χ3v) is 3.47. The van der Waals surface area contributed by atoms with Gasteiger partial charge in [0.1, 0.15) is 11.6 Å². The predicted molar refractivity (Wildman–Crippen MR) is 79.7 cm³/mol. The largest absolute Gasteiger partial charge is 0.373 e. The molecule has 0 bridgehead atoms. The number of nitrogens with zero attached hydrogens (tertiary/aromatic N) is 2. The molecule has 100 valence electrons. The van der Waals surface area contributed by atoms with Crippen molar-refractivity contribution in [2.45, 2.75) is 33.6 Å². The zero-order valence-electron chi connectivity index (χ0n) is 12.1. The van der Waals surface area contributed by atoms with Gasteiger partial charge in [0, 0.05) is 24.7 Å². The molecule has 0 unspecified atom stereocenters. The lowest BCUT2D eigenvalue weighted by Gasteiger charge is -2.12. The van der Waals surface area contributed by atoms with E-state index in [0.717, 1.165) is 35.7 Å². The predicted octanol–water partition coefficient (Wildman–Crippen LogP) is 3.29. The molecule has 1 aromatic carbocycles. The van der Waals surface area contributed by atoms with Gasteiger partial charge in [-0.15, -0.1) is 0 Å². The summed E-state index contributed by atoms with van der Waals surface area (Å²) in [5.41, 5.74) is 4.85. The van der Waals surface area contributed by atoms with Crippen LogP contribution in [0.2, 0.25) is 0 Å². The van der Waals surface area contributed by atoms with Crippen LogP contribution >= 0.6 is 0 Å². The third kappa shape index (κ3) is 2.92. The molecule has 1 aromatic heterocycles. The maximum absolute atomic E-state index is 4.68. The van der Waals surface area contributed by atoms with E-state index in [1.807, 2.05) is 7.05 Å². The number of nitrogens with one attached hydrogen (secondary N) is 1. The molecule has 1 heterocycles. The van der Waals surface area contributed by atoms with Gasteiger partial charge in [0.2, 0.25) is 0 Å². The van der Waals surface area contributed by atoms with Gasteiger partial charge in [-0.25, -0.2) is 9.97 Å². The second-order valence-corrected chi connectivity index (χ2v) is 4.77. The molecule has 0 saturated heterocycles. The second kappa shape index (κ2) is 5.83. The Labute approximate surface area is 115 Å². The van der Waals surface area contributed by atoms with Crippen molar-refractivity contribution >= 4 is 5.82 Å². The summed E-state index contributed by atoms with van der Waals surface area (Å²) >= 11 is 0. The van der Waals surface area contributed by atoms with E-state index in [-0.39, 0.29) is 0 Å². The molecule has 0 spiro atoms. The molecule has 2 rings (SSSR count). The minimum Gasteiger partial charge on any atom is -0.373 e. The zero-order valence-corrected chi connectivity index (χ0v) is 12.1. The summed E-state index contributed by atoms with van der Waals surface area (Å²) in [6.45, 7) is 6.33. The quantitative estimate of drug-likeness (QED) is 0.911. The van der Waals surface area contributed by atoms with Crippen LogP contribution < -0.4 is 5.32 Å². The minimum absolute atomic E-state index is 0.786. The minimum atomic E-state index is 0.786. The van der Waals surface area contributed by atoms with Gasteiger partial charge in [-0.1, -0.05) is 31.2 Å². The van der Waals surface area contributed by atoms with Crippen molar-refractivity contribution in [2.24, 2.45) is 0 Å². The molecular formula is C16H21N3. The van der Waals surface area contributed by atoms with Crippen LogP contribution in [0.4, 0.5) is 5.82 Å². The van der Waals surface area contributed by atoms with Crippen molar-refractivity contribution in [3.8, 4) is 0 Å². The molecule has 3 nitrogen and oxygen atoms in total. The first-order valence-electron chi connectivity index (χ1n) is 6.74. The highest BCUT2D eigenvalue weighted by atomic mass is 15.0. The average Bonchev–Trinajstić information content (AvgIpc) is 2.43. The third-order valence-electron chi connectivity index (χ3n) is 3.47. The lowest BCUT2D eigenvalue weighted by atomic mass is 10.1. The van der Waals surface area contributed by atoms with Crippen LogP contribution in [-0.2, 0) is 12.8 Å². The molecule has 0 aliphatic heterocycles. The molecule has 3 heteroatoms. The number of aromatic nitrogens is 2. The van der Waals surface area contributed by atoms with Crippen LogP contribution in [0.3, 0.4) is 0 Å². The Hall–Kier alpha value is -1.90. The Balaban J connectivity index is 2.38. The standard InChI is InChI=1S/C16H21N3/c1-5-14-12(3)16(17-4)19-15(18-14)10-13-9-7-6-8-11(13)2/h6-9H,5,10H2,1-4H3,(H,17,18,19). The first-order valence-corrected chi connectivity index (χ1v) is 6.74. The SMILES string of the molecule is CCc1nc(Cc2ccccc2C)nc(NC)c1C. The van der Waals surface area contributed by atoms with E-state index in [1.165, 1.54) is 11.1 Å². The highest BCUT2D eigenvalue weighted by Crippen LogP contribution is 2.18. The fourth-order valence-corrected chi connectivity index (χ4v) is 2.26. The second-order valence-electron chi connectivity index (χ2n) is 4.77. The fourth-order valence-electron chi connectivity index (χ4n) is 2.26. The molecule has 0 saturated carbocycles. The molecule has 0 aliphatic rings. The molecule has 2 aromatic rings. The number of benzene rings is 1. The van der Waals surface area contributed by atoms with E-state index < -0.39 is 0 Å². The maximum Gasteiger partial charge on any atom is 0.135 e. The van der Waals surface area contributed by atoms with E-state index in [9.17, 15) is 0 Å². The lowest BCUT2D eigenvalue weighted by molar-refractivity contribution is 0.888. The molecular weight excluding hydrogens is 234 g/mol. The van der Waals surface area contributed by atoms with Gasteiger partial charge in [0.15, 0.2) is 0 Å². The molecule has 0 fully saturated rings. The van der Waals surface area contributed by atoms with E-state index in [4.69, 9.17) is 0 Å². The zero-order chi connectivity index (χ0) is 13.8. The van der Waals surface area contributed by atoms with Gasteiger partial charge >= 0.3 is 0 Å². The molecule has 0 radical (unpaired) electrons. The number of anilines is 1. The van der Waals surface area contributed by atoms with Crippen molar-refractivity contribution in [2.75, 3.05) is 12.4 Å². The Kier molecular flexibility index (Phi) is 4.15. The number of rotatable bonds is 4. The monoisotopic (exact) mass is 255 g/mol. The summed E-state index contributed by atoms with van der Waals surface area (Å²) in [5.74, 6) is 1.83. The van der Waals surface area contributed by atoms with Gasteiger partial charge in [-0.2, -0.15) is 0 Å². The fraction of sp³-hybridized carbons (Fsp3) is 0.375. The summed E-state index contributed by atoms with van der Waals surface area (Å²) in [7, 11) is 1.91. The highest BCUT2D eigenvalue weighted by molar-refractivity contribution is 5.45. The summed E-state index contributed by atoms with van der Waals surface area (Å²) in [6.07, 6.45) is 1.72. The molecule has 0 aliphatic carbocycles. The summed E-state index contributed by atoms with van der Waals surface area (Å²) in [4.78, 5) is 9.30. The topological polar surface area (TPSA) is 37.8 Å². The first kappa shape index (κ1) is 13.5. The Morgan fingerprint density at radius 1 is 1.11 bits per heavy atom. The number of aryl methyl sites for hydroxylation is 2. The lowest BCUT2D eigenvalue weighted by Crippen LogP contribution is -2.08. The average molecular weight is 255 g/mol. The van der Waals surface area contributed by atoms with Crippen LogP contribution in [-0.4, -0.2) is 17.0 Å². The van der Waals surface area contributed by atoms with E-state index in [0.29, 0.717) is 0 Å².